The number of hydrogen-bond donors (Lipinski definition) is 1. The number of hydrogen-bond acceptors (Lipinski definition) is 6. The summed E-state index contributed by atoms with van der Waals surface area (Å²) in [5.41, 5.74) is 1.01. The lowest BCUT2D eigenvalue weighted by Crippen LogP contribution is -2.55. The number of ether oxygens (including phenoxy) is 1. The average Bonchev–Trinajstić information content (AvgIpc) is 3.08. The number of guanidine groups is 1. The number of piperazine rings is 1. The molecule has 2 unspecified atom stereocenters. The van der Waals surface area contributed by atoms with Crippen LogP contribution in [0.25, 0.3) is 0 Å². The highest BCUT2D eigenvalue weighted by Crippen LogP contribution is 2.11. The maximum atomic E-state index is 5.55. The molecular formula is C19H34N6O2. The fourth-order valence-electron chi connectivity index (χ4n) is 3.92. The van der Waals surface area contributed by atoms with Crippen molar-refractivity contribution in [2.24, 2.45) is 4.99 Å². The number of nitrogens with zero attached hydrogens (tertiary/aromatic N) is 5. The number of aromatic nitrogens is 1. The SMILES string of the molecule is CN=C(NCC(C)N1CCOCC1C)N1CCN(Cc2cc(C)on2)CC1. The molecule has 2 fully saturated rings. The van der Waals surface area contributed by atoms with Gasteiger partial charge < -0.3 is 19.5 Å². The molecule has 0 saturated carbocycles. The quantitative estimate of drug-likeness (QED) is 0.600. The zero-order valence-corrected chi connectivity index (χ0v) is 17.1. The van der Waals surface area contributed by atoms with Crippen molar-refractivity contribution in [1.82, 2.24) is 25.2 Å². The Morgan fingerprint density at radius 3 is 2.74 bits per heavy atom. The van der Waals surface area contributed by atoms with E-state index in [1.165, 1.54) is 0 Å². The summed E-state index contributed by atoms with van der Waals surface area (Å²) in [4.78, 5) is 11.8. The van der Waals surface area contributed by atoms with E-state index in [0.29, 0.717) is 12.1 Å². The van der Waals surface area contributed by atoms with E-state index in [1.807, 2.05) is 20.0 Å². The molecule has 27 heavy (non-hydrogen) atoms. The van der Waals surface area contributed by atoms with Gasteiger partial charge in [-0.1, -0.05) is 5.16 Å². The van der Waals surface area contributed by atoms with Crippen molar-refractivity contribution in [3.63, 3.8) is 0 Å². The Labute approximate surface area is 162 Å². The van der Waals surface area contributed by atoms with Crippen LogP contribution in [-0.4, -0.2) is 97.4 Å². The van der Waals surface area contributed by atoms with E-state index in [9.17, 15) is 0 Å². The number of nitrogens with one attached hydrogen (secondary N) is 1. The molecule has 0 radical (unpaired) electrons. The third-order valence-electron chi connectivity index (χ3n) is 5.49. The van der Waals surface area contributed by atoms with Crippen molar-refractivity contribution in [2.75, 3.05) is 59.5 Å². The van der Waals surface area contributed by atoms with Crippen LogP contribution in [0.3, 0.4) is 0 Å². The molecule has 0 aromatic carbocycles. The van der Waals surface area contributed by atoms with Crippen LogP contribution in [0.2, 0.25) is 0 Å². The van der Waals surface area contributed by atoms with Gasteiger partial charge >= 0.3 is 0 Å². The van der Waals surface area contributed by atoms with Crippen LogP contribution >= 0.6 is 0 Å². The van der Waals surface area contributed by atoms with Crippen LogP contribution in [0.4, 0.5) is 0 Å². The minimum Gasteiger partial charge on any atom is -0.379 e. The molecule has 1 aromatic rings. The first-order valence-corrected chi connectivity index (χ1v) is 10.0. The van der Waals surface area contributed by atoms with Gasteiger partial charge in [-0.15, -0.1) is 0 Å². The summed E-state index contributed by atoms with van der Waals surface area (Å²) in [5.74, 6) is 1.87. The third kappa shape index (κ3) is 5.43. The van der Waals surface area contributed by atoms with E-state index in [2.05, 4.69) is 44.0 Å². The highest BCUT2D eigenvalue weighted by Gasteiger charge is 2.25. The van der Waals surface area contributed by atoms with E-state index in [-0.39, 0.29) is 0 Å². The lowest BCUT2D eigenvalue weighted by Gasteiger charge is -2.39. The highest BCUT2D eigenvalue weighted by atomic mass is 16.5. The molecule has 1 N–H and O–H groups in total. The van der Waals surface area contributed by atoms with Crippen LogP contribution in [0.5, 0.6) is 0 Å². The summed E-state index contributed by atoms with van der Waals surface area (Å²) in [6, 6.07) is 2.94. The number of morpholine rings is 1. The molecule has 8 nitrogen and oxygen atoms in total. The Morgan fingerprint density at radius 2 is 2.11 bits per heavy atom. The van der Waals surface area contributed by atoms with Crippen LogP contribution in [0.1, 0.15) is 25.3 Å². The van der Waals surface area contributed by atoms with Crippen LogP contribution < -0.4 is 5.32 Å². The normalized spacial score (nSPS) is 24.2. The molecule has 2 aliphatic rings. The van der Waals surface area contributed by atoms with Gasteiger partial charge in [0.1, 0.15) is 5.76 Å². The fourth-order valence-corrected chi connectivity index (χ4v) is 3.92. The molecule has 3 heterocycles. The first-order valence-electron chi connectivity index (χ1n) is 10.0. The molecular weight excluding hydrogens is 344 g/mol. The zero-order chi connectivity index (χ0) is 19.2. The maximum Gasteiger partial charge on any atom is 0.193 e. The Kier molecular flexibility index (Phi) is 7.09. The van der Waals surface area contributed by atoms with Crippen molar-refractivity contribution in [2.45, 2.75) is 39.4 Å². The second kappa shape index (κ2) is 9.52. The van der Waals surface area contributed by atoms with E-state index in [4.69, 9.17) is 9.26 Å². The van der Waals surface area contributed by atoms with Gasteiger partial charge in [0.25, 0.3) is 0 Å². The summed E-state index contributed by atoms with van der Waals surface area (Å²) < 4.78 is 10.7. The van der Waals surface area contributed by atoms with Gasteiger partial charge in [-0.3, -0.25) is 14.8 Å². The molecule has 3 rings (SSSR count). The van der Waals surface area contributed by atoms with Crippen LogP contribution in [-0.2, 0) is 11.3 Å². The summed E-state index contributed by atoms with van der Waals surface area (Å²) in [6.07, 6.45) is 0. The predicted molar refractivity (Wildman–Crippen MR) is 106 cm³/mol. The molecule has 8 heteroatoms. The molecule has 2 atom stereocenters. The van der Waals surface area contributed by atoms with Crippen molar-refractivity contribution >= 4 is 5.96 Å². The number of aryl methyl sites for hydroxylation is 1. The predicted octanol–water partition coefficient (Wildman–Crippen LogP) is 0.785. The zero-order valence-electron chi connectivity index (χ0n) is 17.1. The van der Waals surface area contributed by atoms with Crippen molar-refractivity contribution in [3.05, 3.63) is 17.5 Å². The molecule has 0 spiro atoms. The highest BCUT2D eigenvalue weighted by molar-refractivity contribution is 5.80. The maximum absolute atomic E-state index is 5.55. The first-order chi connectivity index (χ1) is 13.1. The summed E-state index contributed by atoms with van der Waals surface area (Å²) in [7, 11) is 1.87. The molecule has 0 aliphatic carbocycles. The van der Waals surface area contributed by atoms with Gasteiger partial charge in [0, 0.05) is 71.0 Å². The van der Waals surface area contributed by atoms with E-state index in [0.717, 1.165) is 76.4 Å². The molecule has 0 bridgehead atoms. The minimum atomic E-state index is 0.456. The second-order valence-corrected chi connectivity index (χ2v) is 7.63. The monoisotopic (exact) mass is 378 g/mol. The lowest BCUT2D eigenvalue weighted by atomic mass is 10.2. The topological polar surface area (TPSA) is 69.4 Å². The Bertz CT molecular complexity index is 611. The van der Waals surface area contributed by atoms with Gasteiger partial charge in [0.05, 0.1) is 18.9 Å². The first kappa shape index (κ1) is 20.1. The standard InChI is InChI=1S/C19H34N6O2/c1-15(25-9-10-26-14-16(25)2)12-21-19(20-4)24-7-5-23(6-8-24)13-18-11-17(3)27-22-18/h11,15-16H,5-10,12-14H2,1-4H3,(H,20,21). The van der Waals surface area contributed by atoms with E-state index in [1.54, 1.807) is 0 Å². The Balaban J connectivity index is 1.43. The minimum absolute atomic E-state index is 0.456. The molecule has 1 aromatic heterocycles. The Morgan fingerprint density at radius 1 is 1.33 bits per heavy atom. The van der Waals surface area contributed by atoms with Gasteiger partial charge in [0.2, 0.25) is 0 Å². The van der Waals surface area contributed by atoms with Crippen LogP contribution in [0, 0.1) is 6.92 Å². The molecule has 152 valence electrons. The summed E-state index contributed by atoms with van der Waals surface area (Å²) in [5, 5.41) is 7.67. The van der Waals surface area contributed by atoms with Gasteiger partial charge in [-0.2, -0.15) is 0 Å². The smallest absolute Gasteiger partial charge is 0.193 e. The summed E-state index contributed by atoms with van der Waals surface area (Å²) in [6.45, 7) is 14.8. The molecule has 0 amide bonds. The summed E-state index contributed by atoms with van der Waals surface area (Å²) >= 11 is 0. The Hall–Kier alpha value is -1.64. The third-order valence-corrected chi connectivity index (χ3v) is 5.49. The fraction of sp³-hybridized carbons (Fsp3) is 0.789. The van der Waals surface area contributed by atoms with Crippen LogP contribution in [0.15, 0.2) is 15.6 Å². The van der Waals surface area contributed by atoms with Crippen molar-refractivity contribution < 1.29 is 9.26 Å². The second-order valence-electron chi connectivity index (χ2n) is 7.63. The van der Waals surface area contributed by atoms with E-state index < -0.39 is 0 Å². The van der Waals surface area contributed by atoms with Crippen molar-refractivity contribution in [1.29, 1.82) is 0 Å². The number of aliphatic imine (C=N–C) groups is 1. The van der Waals surface area contributed by atoms with E-state index >= 15 is 0 Å². The van der Waals surface area contributed by atoms with Gasteiger partial charge in [0.15, 0.2) is 5.96 Å². The average molecular weight is 379 g/mol. The lowest BCUT2D eigenvalue weighted by molar-refractivity contribution is -0.0175. The number of rotatable bonds is 5. The molecule has 2 aliphatic heterocycles. The van der Waals surface area contributed by atoms with Gasteiger partial charge in [-0.05, 0) is 20.8 Å². The van der Waals surface area contributed by atoms with Gasteiger partial charge in [-0.25, -0.2) is 0 Å². The largest absolute Gasteiger partial charge is 0.379 e. The van der Waals surface area contributed by atoms with Crippen molar-refractivity contribution in [3.8, 4) is 0 Å². The molecule has 2 saturated heterocycles.